The highest BCUT2D eigenvalue weighted by atomic mass is 35.5. The van der Waals surface area contributed by atoms with Crippen molar-refractivity contribution in [3.8, 4) is 5.75 Å². The number of halogens is 3. The molecular weight excluding hydrogens is 339 g/mol. The Labute approximate surface area is 139 Å². The first-order chi connectivity index (χ1) is 10.0. The maximum Gasteiger partial charge on any atom is 0.345 e. The molecule has 2 rings (SSSR count). The molecule has 1 aromatic heterocycles. The number of aromatic nitrogens is 1. The van der Waals surface area contributed by atoms with Gasteiger partial charge >= 0.3 is 5.97 Å². The second-order valence-electron chi connectivity index (χ2n) is 4.34. The molecule has 0 bridgehead atoms. The molecule has 1 heterocycles. The van der Waals surface area contributed by atoms with Crippen molar-refractivity contribution in [1.82, 2.24) is 0 Å². The van der Waals surface area contributed by atoms with Gasteiger partial charge in [-0.05, 0) is 11.6 Å². The van der Waals surface area contributed by atoms with Crippen LogP contribution in [0.25, 0.3) is 0 Å². The molecule has 0 unspecified atom stereocenters. The average Bonchev–Trinajstić information content (AvgIpc) is 3.28. The molecule has 0 spiro atoms. The summed E-state index contributed by atoms with van der Waals surface area (Å²) in [6.45, 7) is 0.545. The predicted octanol–water partition coefficient (Wildman–Crippen LogP) is 1.80. The summed E-state index contributed by atoms with van der Waals surface area (Å²) in [5.41, 5.74) is 4.35. The summed E-state index contributed by atoms with van der Waals surface area (Å²) in [7, 11) is 1.31. The van der Waals surface area contributed by atoms with Gasteiger partial charge in [-0.25, -0.2) is 4.79 Å². The van der Waals surface area contributed by atoms with Gasteiger partial charge in [-0.2, -0.15) is 4.98 Å². The van der Waals surface area contributed by atoms with E-state index >= 15 is 0 Å². The van der Waals surface area contributed by atoms with Crippen LogP contribution in [-0.2, 0) is 4.74 Å². The number of H-pyrrole nitrogens is 1. The van der Waals surface area contributed by atoms with Crippen LogP contribution in [0, 0.1) is 0 Å². The van der Waals surface area contributed by atoms with E-state index in [0.29, 0.717) is 12.4 Å². The van der Waals surface area contributed by atoms with Crippen LogP contribution >= 0.6 is 34.8 Å². The van der Waals surface area contributed by atoms with Crippen LogP contribution in [0.5, 0.6) is 5.75 Å². The topological polar surface area (TPSA) is 77.3 Å². The van der Waals surface area contributed by atoms with Gasteiger partial charge in [-0.3, -0.25) is 0 Å². The van der Waals surface area contributed by atoms with E-state index in [1.807, 2.05) is 0 Å². The van der Waals surface area contributed by atoms with Crippen molar-refractivity contribution in [3.05, 3.63) is 23.0 Å². The van der Waals surface area contributed by atoms with E-state index in [2.05, 4.69) is 38.7 Å². The third-order valence-corrected chi connectivity index (χ3v) is 3.08. The minimum atomic E-state index is -0.493. The van der Waals surface area contributed by atoms with Gasteiger partial charge in [-0.15, -0.1) is 23.2 Å². The molecule has 1 aliphatic rings. The lowest BCUT2D eigenvalue weighted by molar-refractivity contribution is -0.442. The van der Waals surface area contributed by atoms with Crippen LogP contribution in [0.2, 0.25) is 5.15 Å². The number of ether oxygens (including phenoxy) is 2. The van der Waals surface area contributed by atoms with E-state index in [4.69, 9.17) is 16.3 Å². The summed E-state index contributed by atoms with van der Waals surface area (Å²) < 4.78 is 10.2. The van der Waals surface area contributed by atoms with E-state index in [-0.39, 0.29) is 16.3 Å². The summed E-state index contributed by atoms with van der Waals surface area (Å²) in [4.78, 5) is 14.2. The highest BCUT2D eigenvalue weighted by molar-refractivity contribution is 6.31. The summed E-state index contributed by atoms with van der Waals surface area (Å²) in [5.74, 6) is 0.0668. The van der Waals surface area contributed by atoms with E-state index in [0.717, 1.165) is 12.8 Å². The van der Waals surface area contributed by atoms with Crippen LogP contribution in [0.15, 0.2) is 12.3 Å². The highest BCUT2D eigenvalue weighted by Gasteiger charge is 2.44. The Bertz CT molecular complexity index is 454. The number of carbonyl (C=O) groups excluding carboxylic acids is 1. The summed E-state index contributed by atoms with van der Waals surface area (Å²) in [6.07, 6.45) is 6.71. The van der Waals surface area contributed by atoms with E-state index < -0.39 is 5.97 Å². The third-order valence-electron chi connectivity index (χ3n) is 2.77. The Morgan fingerprint density at radius 3 is 2.43 bits per heavy atom. The number of quaternary nitrogens is 1. The Hall–Kier alpha value is -0.750. The van der Waals surface area contributed by atoms with E-state index in [1.165, 1.54) is 19.9 Å². The fraction of sp³-hybridized carbons (Fsp3) is 0.538. The van der Waals surface area contributed by atoms with Gasteiger partial charge in [0.15, 0.2) is 5.75 Å². The maximum atomic E-state index is 11.4. The molecule has 1 fully saturated rings. The number of methoxy groups -OCH3 is 1. The number of nitrogens with one attached hydrogen (secondary N) is 1. The van der Waals surface area contributed by atoms with Crippen LogP contribution in [0.3, 0.4) is 0 Å². The number of hydrogen-bond donors (Lipinski definition) is 1. The first-order valence-corrected chi connectivity index (χ1v) is 7.96. The lowest BCUT2D eigenvalue weighted by atomic mass is 10.3. The number of alkyl halides is 2. The normalized spacial score (nSPS) is 13.9. The minimum Gasteiger partial charge on any atom is -0.481 e. The molecule has 0 aliphatic heterocycles. The zero-order valence-corrected chi connectivity index (χ0v) is 14.6. The number of aromatic amines is 1. The van der Waals surface area contributed by atoms with Crippen molar-refractivity contribution in [2.45, 2.75) is 18.4 Å². The average molecular weight is 360 g/mol. The van der Waals surface area contributed by atoms with Gasteiger partial charge in [0.25, 0.3) is 5.15 Å². The van der Waals surface area contributed by atoms with Gasteiger partial charge in [0.2, 0.25) is 6.20 Å². The molecule has 4 N–H and O–H groups in total. The summed E-state index contributed by atoms with van der Waals surface area (Å²) >= 11 is 15.1. The van der Waals surface area contributed by atoms with Crippen molar-refractivity contribution in [3.63, 3.8) is 0 Å². The lowest BCUT2D eigenvalue weighted by Crippen LogP contribution is -2.66. The fourth-order valence-corrected chi connectivity index (χ4v) is 1.55. The number of pyridine rings is 1. The fourth-order valence-electron chi connectivity index (χ4n) is 1.36. The van der Waals surface area contributed by atoms with Crippen LogP contribution in [0.4, 0.5) is 0 Å². The molecule has 0 amide bonds. The molecule has 1 aliphatic carbocycles. The second-order valence-corrected chi connectivity index (χ2v) is 4.72. The maximum absolute atomic E-state index is 11.4. The van der Waals surface area contributed by atoms with Crippen molar-refractivity contribution >= 4 is 40.8 Å². The first kappa shape index (κ1) is 20.2. The minimum absolute atomic E-state index is 0.0467. The van der Waals surface area contributed by atoms with E-state index in [9.17, 15) is 4.79 Å². The summed E-state index contributed by atoms with van der Waals surface area (Å²) in [6, 6.07) is 1.57. The van der Waals surface area contributed by atoms with Crippen molar-refractivity contribution in [2.75, 3.05) is 26.5 Å². The Morgan fingerprint density at radius 1 is 1.38 bits per heavy atom. The zero-order chi connectivity index (χ0) is 16.5. The van der Waals surface area contributed by atoms with Crippen LogP contribution < -0.4 is 15.5 Å². The van der Waals surface area contributed by atoms with Gasteiger partial charge in [0, 0.05) is 31.7 Å². The Balaban J connectivity index is 0.000000921. The summed E-state index contributed by atoms with van der Waals surface area (Å²) in [5, 5.41) is 0.236. The largest absolute Gasteiger partial charge is 0.481 e. The molecule has 0 aromatic carbocycles. The third kappa shape index (κ3) is 6.70. The second kappa shape index (κ2) is 10.1. The van der Waals surface area contributed by atoms with Gasteiger partial charge < -0.3 is 15.2 Å². The lowest BCUT2D eigenvalue weighted by Gasteiger charge is -2.07. The zero-order valence-electron chi connectivity index (χ0n) is 12.3. The van der Waals surface area contributed by atoms with E-state index in [1.54, 1.807) is 12.3 Å². The highest BCUT2D eigenvalue weighted by Crippen LogP contribution is 2.30. The molecule has 0 atom stereocenters. The smallest absolute Gasteiger partial charge is 0.345 e. The molecule has 0 radical (unpaired) electrons. The van der Waals surface area contributed by atoms with Crippen LogP contribution in [0.1, 0.15) is 23.2 Å². The molecule has 1 saturated carbocycles. The Kier molecular flexibility index (Phi) is 9.70. The first-order valence-electron chi connectivity index (χ1n) is 6.07. The predicted molar refractivity (Wildman–Crippen MR) is 83.2 cm³/mol. The molecule has 1 aromatic rings. The molecular formula is C13H21Cl3N2O3+2. The van der Waals surface area contributed by atoms with Crippen molar-refractivity contribution < 1.29 is 25.0 Å². The molecule has 5 nitrogen and oxygen atoms in total. The number of rotatable bonds is 4. The van der Waals surface area contributed by atoms with Crippen LogP contribution in [-0.4, -0.2) is 38.0 Å². The molecule has 21 heavy (non-hydrogen) atoms. The molecule has 0 saturated heterocycles. The number of esters is 1. The van der Waals surface area contributed by atoms with Crippen molar-refractivity contribution in [1.29, 1.82) is 0 Å². The van der Waals surface area contributed by atoms with Gasteiger partial charge in [0.1, 0.15) is 17.7 Å². The van der Waals surface area contributed by atoms with Gasteiger partial charge in [-0.1, -0.05) is 0 Å². The van der Waals surface area contributed by atoms with Gasteiger partial charge in [0.05, 0.1) is 7.11 Å². The van der Waals surface area contributed by atoms with Crippen molar-refractivity contribution in [2.24, 2.45) is 0 Å². The standard InChI is InChI=1S/C11H13ClN2O3.2CH3Cl/c1-16-10(15)8-4-7(5-14-9(8)12)17-6-11(13)2-3-11;2*1-2/h4-5H,2-3,6,13H2,1H3;2*1H3/p+2. The monoisotopic (exact) mass is 358 g/mol. The quantitative estimate of drug-likeness (QED) is 0.506. The Morgan fingerprint density at radius 2 is 1.95 bits per heavy atom. The molecule has 120 valence electrons. The SMILES string of the molecule is CCl.CCl.COC(=O)c1cc(OCC2([NH3+])CC2)c[nH+]c1Cl. The number of hydrogen-bond acceptors (Lipinski definition) is 3. The number of carbonyl (C=O) groups is 1. The molecule has 8 heteroatoms.